The van der Waals surface area contributed by atoms with Gasteiger partial charge in [0.2, 0.25) is 0 Å². The molecule has 0 spiro atoms. The van der Waals surface area contributed by atoms with Crippen LogP contribution in [0, 0.1) is 0 Å². The number of nitrogens with zero attached hydrogens (tertiary/aromatic N) is 4. The highest BCUT2D eigenvalue weighted by molar-refractivity contribution is 7.18. The van der Waals surface area contributed by atoms with Gasteiger partial charge in [-0.05, 0) is 18.6 Å². The van der Waals surface area contributed by atoms with Gasteiger partial charge in [0.25, 0.3) is 0 Å². The molecule has 0 aliphatic heterocycles. The van der Waals surface area contributed by atoms with E-state index in [9.17, 15) is 13.2 Å². The second kappa shape index (κ2) is 6.07. The lowest BCUT2D eigenvalue weighted by Gasteiger charge is -2.08. The molecule has 1 N–H and O–H groups in total. The zero-order valence-electron chi connectivity index (χ0n) is 12.1. The Hall–Kier alpha value is -2.29. The molecule has 3 aromatic rings. The van der Waals surface area contributed by atoms with Crippen LogP contribution in [0.4, 0.5) is 19.0 Å². The van der Waals surface area contributed by atoms with Crippen molar-refractivity contribution in [1.82, 2.24) is 19.9 Å². The molecule has 0 atom stereocenters. The average molecular weight is 339 g/mol. The minimum Gasteiger partial charge on any atom is -0.362 e. The number of hydrogen-bond donors (Lipinski definition) is 1. The monoisotopic (exact) mass is 339 g/mol. The largest absolute Gasteiger partial charge is 0.433 e. The molecular formula is C14H12F3N5S. The number of nitrogens with one attached hydrogen (secondary N) is 1. The Kier molecular flexibility index (Phi) is 4.12. The number of halogens is 3. The van der Waals surface area contributed by atoms with Gasteiger partial charge < -0.3 is 5.32 Å². The van der Waals surface area contributed by atoms with E-state index in [2.05, 4.69) is 25.3 Å². The average Bonchev–Trinajstić information content (AvgIpc) is 2.96. The molecule has 0 fully saturated rings. The number of aromatic nitrogens is 4. The Bertz CT molecular complexity index is 831. The summed E-state index contributed by atoms with van der Waals surface area (Å²) in [6.45, 7) is 2.09. The van der Waals surface area contributed by atoms with Gasteiger partial charge in [-0.3, -0.25) is 0 Å². The second-order valence-electron chi connectivity index (χ2n) is 4.72. The van der Waals surface area contributed by atoms with Gasteiger partial charge in [0.15, 0.2) is 0 Å². The smallest absolute Gasteiger partial charge is 0.362 e. The van der Waals surface area contributed by atoms with Gasteiger partial charge in [-0.2, -0.15) is 13.2 Å². The number of fused-ring (bicyclic) bond motifs is 1. The van der Waals surface area contributed by atoms with Crippen molar-refractivity contribution in [2.45, 2.75) is 26.1 Å². The number of hydrogen-bond acceptors (Lipinski definition) is 6. The maximum Gasteiger partial charge on any atom is 0.433 e. The lowest BCUT2D eigenvalue weighted by Crippen LogP contribution is -2.12. The van der Waals surface area contributed by atoms with Gasteiger partial charge >= 0.3 is 6.18 Å². The van der Waals surface area contributed by atoms with Gasteiger partial charge in [0, 0.05) is 11.1 Å². The molecule has 120 valence electrons. The summed E-state index contributed by atoms with van der Waals surface area (Å²) in [4.78, 5) is 17.7. The van der Waals surface area contributed by atoms with Crippen molar-refractivity contribution >= 4 is 27.4 Å². The molecule has 5 nitrogen and oxygen atoms in total. The molecule has 3 aromatic heterocycles. The van der Waals surface area contributed by atoms with E-state index in [0.29, 0.717) is 5.82 Å². The summed E-state index contributed by atoms with van der Waals surface area (Å²) in [6.07, 6.45) is -1.07. The van der Waals surface area contributed by atoms with E-state index in [-0.39, 0.29) is 12.4 Å². The fourth-order valence-corrected chi connectivity index (χ4v) is 2.96. The van der Waals surface area contributed by atoms with Crippen LogP contribution < -0.4 is 5.32 Å². The van der Waals surface area contributed by atoms with Crippen molar-refractivity contribution in [1.29, 1.82) is 0 Å². The molecule has 23 heavy (non-hydrogen) atoms. The lowest BCUT2D eigenvalue weighted by atomic mass is 10.3. The Balaban J connectivity index is 1.82. The molecule has 0 unspecified atom stereocenters. The van der Waals surface area contributed by atoms with Gasteiger partial charge in [-0.1, -0.05) is 6.92 Å². The van der Waals surface area contributed by atoms with E-state index in [1.165, 1.54) is 11.2 Å². The van der Waals surface area contributed by atoms with E-state index in [1.807, 2.05) is 13.0 Å². The summed E-state index contributed by atoms with van der Waals surface area (Å²) in [5, 5.41) is 3.83. The van der Waals surface area contributed by atoms with Gasteiger partial charge in [-0.15, -0.1) is 11.3 Å². The number of rotatable bonds is 4. The van der Waals surface area contributed by atoms with Crippen LogP contribution in [0.25, 0.3) is 10.2 Å². The first kappa shape index (κ1) is 15.6. The minimum absolute atomic E-state index is 0.0489. The highest BCUT2D eigenvalue weighted by Gasteiger charge is 2.32. The summed E-state index contributed by atoms with van der Waals surface area (Å²) < 4.78 is 38.0. The van der Waals surface area contributed by atoms with Crippen LogP contribution in [0.3, 0.4) is 0 Å². The lowest BCUT2D eigenvalue weighted by molar-refractivity contribution is -0.141. The third-order valence-electron chi connectivity index (χ3n) is 3.14. The number of anilines is 1. The Morgan fingerprint density at radius 1 is 1.22 bits per heavy atom. The molecule has 0 saturated heterocycles. The fourth-order valence-electron chi connectivity index (χ4n) is 2.03. The maximum atomic E-state index is 12.7. The van der Waals surface area contributed by atoms with Crippen molar-refractivity contribution in [2.75, 3.05) is 5.32 Å². The molecule has 3 rings (SSSR count). The first-order valence-corrected chi connectivity index (χ1v) is 7.65. The van der Waals surface area contributed by atoms with E-state index in [1.54, 1.807) is 11.3 Å². The maximum absolute atomic E-state index is 12.7. The molecule has 0 aliphatic rings. The molecule has 0 aliphatic carbocycles. The van der Waals surface area contributed by atoms with Gasteiger partial charge in [0.1, 0.15) is 28.5 Å². The summed E-state index contributed by atoms with van der Waals surface area (Å²) in [5.74, 6) is 0.615. The van der Waals surface area contributed by atoms with Crippen LogP contribution >= 0.6 is 11.3 Å². The predicted octanol–water partition coefficient (Wildman–Crippen LogP) is 3.67. The molecule has 0 aromatic carbocycles. The quantitative estimate of drug-likeness (QED) is 0.786. The Labute approximate surface area is 133 Å². The SMILES string of the molecule is CCc1cc2c(NCc3nccc(C(F)(F)F)n3)ncnc2s1. The molecule has 3 heterocycles. The first-order valence-electron chi connectivity index (χ1n) is 6.83. The number of aryl methyl sites for hydroxylation is 1. The standard InChI is InChI=1S/C14H12F3N5S/c1-2-8-5-9-12(20-7-21-13(9)23-8)19-6-11-18-4-3-10(22-11)14(15,16)17/h3-5,7H,2,6H2,1H3,(H,19,20,21). The summed E-state index contributed by atoms with van der Waals surface area (Å²) >= 11 is 1.57. The van der Waals surface area contributed by atoms with E-state index in [4.69, 9.17) is 0 Å². The number of alkyl halides is 3. The first-order chi connectivity index (χ1) is 11.0. The molecule has 0 bridgehead atoms. The summed E-state index contributed by atoms with van der Waals surface area (Å²) in [7, 11) is 0. The molecule has 0 saturated carbocycles. The minimum atomic E-state index is -4.48. The van der Waals surface area contributed by atoms with Crippen molar-refractivity contribution in [3.8, 4) is 0 Å². The predicted molar refractivity (Wildman–Crippen MR) is 81.2 cm³/mol. The van der Waals surface area contributed by atoms with Gasteiger partial charge in [-0.25, -0.2) is 19.9 Å². The van der Waals surface area contributed by atoms with Crippen LogP contribution in [0.1, 0.15) is 23.3 Å². The van der Waals surface area contributed by atoms with Crippen LogP contribution in [0.5, 0.6) is 0 Å². The van der Waals surface area contributed by atoms with Crippen LogP contribution in [-0.2, 0) is 19.1 Å². The zero-order valence-corrected chi connectivity index (χ0v) is 12.9. The highest BCUT2D eigenvalue weighted by atomic mass is 32.1. The topological polar surface area (TPSA) is 63.6 Å². The van der Waals surface area contributed by atoms with Crippen molar-refractivity contribution in [3.05, 3.63) is 41.1 Å². The van der Waals surface area contributed by atoms with Crippen LogP contribution in [-0.4, -0.2) is 19.9 Å². The van der Waals surface area contributed by atoms with Crippen LogP contribution in [0.2, 0.25) is 0 Å². The number of thiophene rings is 1. The van der Waals surface area contributed by atoms with E-state index in [0.717, 1.165) is 28.9 Å². The van der Waals surface area contributed by atoms with Crippen molar-refractivity contribution < 1.29 is 13.2 Å². The van der Waals surface area contributed by atoms with Gasteiger partial charge in [0.05, 0.1) is 11.9 Å². The normalized spacial score (nSPS) is 11.8. The highest BCUT2D eigenvalue weighted by Crippen LogP contribution is 2.29. The molecular weight excluding hydrogens is 327 g/mol. The van der Waals surface area contributed by atoms with Crippen LogP contribution in [0.15, 0.2) is 24.7 Å². The Morgan fingerprint density at radius 2 is 2.04 bits per heavy atom. The molecule has 9 heteroatoms. The third kappa shape index (κ3) is 3.39. The second-order valence-corrected chi connectivity index (χ2v) is 5.83. The Morgan fingerprint density at radius 3 is 2.78 bits per heavy atom. The van der Waals surface area contributed by atoms with E-state index < -0.39 is 11.9 Å². The van der Waals surface area contributed by atoms with Crippen molar-refractivity contribution in [3.63, 3.8) is 0 Å². The summed E-state index contributed by atoms with van der Waals surface area (Å²) in [5.41, 5.74) is -0.957. The van der Waals surface area contributed by atoms with E-state index >= 15 is 0 Å². The third-order valence-corrected chi connectivity index (χ3v) is 4.33. The molecule has 0 radical (unpaired) electrons. The fraction of sp³-hybridized carbons (Fsp3) is 0.286. The molecule has 0 amide bonds. The zero-order chi connectivity index (χ0) is 16.4. The summed E-state index contributed by atoms with van der Waals surface area (Å²) in [6, 6.07) is 2.83. The van der Waals surface area contributed by atoms with Crippen molar-refractivity contribution in [2.24, 2.45) is 0 Å².